The molecule has 32 heavy (non-hydrogen) atoms. The number of benzene rings is 2. The normalized spacial score (nSPS) is 18.9. The number of allylic oxidation sites excluding steroid dienone is 1. The van der Waals surface area contributed by atoms with Gasteiger partial charge in [0.05, 0.1) is 0 Å². The average molecular weight is 432 g/mol. The first kappa shape index (κ1) is 21.8. The number of anilines is 2. The molecule has 0 spiro atoms. The minimum Gasteiger partial charge on any atom is -0.399 e. The van der Waals surface area contributed by atoms with Gasteiger partial charge in [0.25, 0.3) is 11.8 Å². The summed E-state index contributed by atoms with van der Waals surface area (Å²) in [6.45, 7) is 3.31. The van der Waals surface area contributed by atoms with E-state index in [1.807, 2.05) is 36.1 Å². The van der Waals surface area contributed by atoms with E-state index in [2.05, 4.69) is 22.4 Å². The molecule has 0 aromatic heterocycles. The first-order valence-corrected chi connectivity index (χ1v) is 11.0. The van der Waals surface area contributed by atoms with Crippen LogP contribution in [0.4, 0.5) is 11.4 Å². The SMILES string of the molecule is Cc1ccc(C(=O)N2CCC(c3ccc(N)cc3)CC2)cc1NC(=O)C1=CC=NC(N)C1. The number of nitrogens with two attached hydrogens (primary N) is 2. The Hall–Kier alpha value is -3.45. The fourth-order valence-corrected chi connectivity index (χ4v) is 4.22. The highest BCUT2D eigenvalue weighted by atomic mass is 16.2. The van der Waals surface area contributed by atoms with E-state index in [-0.39, 0.29) is 11.8 Å². The molecule has 0 radical (unpaired) electrons. The van der Waals surface area contributed by atoms with Crippen molar-refractivity contribution in [3.05, 3.63) is 70.8 Å². The van der Waals surface area contributed by atoms with Gasteiger partial charge in [-0.1, -0.05) is 18.2 Å². The van der Waals surface area contributed by atoms with Crippen molar-refractivity contribution in [3.8, 4) is 0 Å². The summed E-state index contributed by atoms with van der Waals surface area (Å²) in [5.74, 6) is 0.206. The van der Waals surface area contributed by atoms with Gasteiger partial charge in [-0.3, -0.25) is 14.6 Å². The van der Waals surface area contributed by atoms with Gasteiger partial charge in [-0.05, 0) is 67.2 Å². The van der Waals surface area contributed by atoms with Crippen LogP contribution < -0.4 is 16.8 Å². The number of hydrogen-bond acceptors (Lipinski definition) is 5. The van der Waals surface area contributed by atoms with Crippen molar-refractivity contribution in [2.45, 2.75) is 38.3 Å². The average Bonchev–Trinajstić information content (AvgIpc) is 2.80. The number of hydrogen-bond donors (Lipinski definition) is 3. The van der Waals surface area contributed by atoms with Crippen LogP contribution in [0.3, 0.4) is 0 Å². The van der Waals surface area contributed by atoms with Crippen molar-refractivity contribution < 1.29 is 9.59 Å². The minimum atomic E-state index is -0.397. The molecule has 1 fully saturated rings. The van der Waals surface area contributed by atoms with E-state index in [9.17, 15) is 9.59 Å². The number of dihydropyridines is 1. The summed E-state index contributed by atoms with van der Waals surface area (Å²) >= 11 is 0. The number of carbonyl (C=O) groups excluding carboxylic acids is 2. The first-order chi connectivity index (χ1) is 15.4. The van der Waals surface area contributed by atoms with E-state index < -0.39 is 6.17 Å². The van der Waals surface area contributed by atoms with E-state index in [1.165, 1.54) is 5.56 Å². The van der Waals surface area contributed by atoms with Gasteiger partial charge in [-0.2, -0.15) is 0 Å². The summed E-state index contributed by atoms with van der Waals surface area (Å²) in [6, 6.07) is 13.5. The summed E-state index contributed by atoms with van der Waals surface area (Å²) in [4.78, 5) is 31.7. The predicted octanol–water partition coefficient (Wildman–Crippen LogP) is 3.22. The van der Waals surface area contributed by atoms with Crippen LogP contribution in [-0.4, -0.2) is 42.2 Å². The second-order valence-corrected chi connectivity index (χ2v) is 8.48. The first-order valence-electron chi connectivity index (χ1n) is 11.0. The van der Waals surface area contributed by atoms with Crippen molar-refractivity contribution in [1.82, 2.24) is 4.90 Å². The highest BCUT2D eigenvalue weighted by Crippen LogP contribution is 2.29. The number of likely N-dealkylation sites (tertiary alicyclic amines) is 1. The quantitative estimate of drug-likeness (QED) is 0.645. The standard InChI is InChI=1S/C25H29N5O2/c1-16-2-3-20(14-22(16)29-24(31)19-8-11-28-23(27)15-19)25(32)30-12-9-18(10-13-30)17-4-6-21(26)7-5-17/h2-8,11,14,18,23H,9-10,12-13,15,26-27H2,1H3,(H,29,31). The Kier molecular flexibility index (Phi) is 6.37. The van der Waals surface area contributed by atoms with Gasteiger partial charge in [0.1, 0.15) is 6.17 Å². The van der Waals surface area contributed by atoms with Crippen LogP contribution in [0.15, 0.2) is 59.1 Å². The molecule has 0 saturated carbocycles. The molecule has 2 aromatic carbocycles. The molecule has 2 aromatic rings. The summed E-state index contributed by atoms with van der Waals surface area (Å²) in [5, 5.41) is 2.93. The maximum Gasteiger partial charge on any atom is 0.253 e. The number of aryl methyl sites for hydroxylation is 1. The number of nitrogen functional groups attached to an aromatic ring is 1. The molecule has 2 amide bonds. The van der Waals surface area contributed by atoms with Gasteiger partial charge in [0.2, 0.25) is 0 Å². The van der Waals surface area contributed by atoms with E-state index in [4.69, 9.17) is 11.5 Å². The number of nitrogens with one attached hydrogen (secondary N) is 1. The predicted molar refractivity (Wildman–Crippen MR) is 128 cm³/mol. The Bertz CT molecular complexity index is 1070. The smallest absolute Gasteiger partial charge is 0.253 e. The molecular formula is C25H29N5O2. The van der Waals surface area contributed by atoms with E-state index >= 15 is 0 Å². The molecule has 1 saturated heterocycles. The summed E-state index contributed by atoms with van der Waals surface area (Å²) in [6.07, 6.45) is 5.06. The zero-order valence-electron chi connectivity index (χ0n) is 18.3. The molecule has 7 nitrogen and oxygen atoms in total. The van der Waals surface area contributed by atoms with Crippen LogP contribution in [0.5, 0.6) is 0 Å². The maximum atomic E-state index is 13.1. The Morgan fingerprint density at radius 3 is 2.50 bits per heavy atom. The number of piperidine rings is 1. The topological polar surface area (TPSA) is 114 Å². The van der Waals surface area contributed by atoms with E-state index in [0.717, 1.165) is 24.1 Å². The van der Waals surface area contributed by atoms with Crippen LogP contribution in [-0.2, 0) is 4.79 Å². The van der Waals surface area contributed by atoms with Crippen molar-refractivity contribution in [3.63, 3.8) is 0 Å². The molecule has 0 bridgehead atoms. The molecule has 0 aliphatic carbocycles. The van der Waals surface area contributed by atoms with E-state index in [1.54, 1.807) is 18.4 Å². The molecule has 1 unspecified atom stereocenters. The number of rotatable bonds is 4. The molecule has 2 aliphatic rings. The lowest BCUT2D eigenvalue weighted by Gasteiger charge is -2.32. The molecular weight excluding hydrogens is 402 g/mol. The van der Waals surface area contributed by atoms with Gasteiger partial charge in [-0.25, -0.2) is 0 Å². The van der Waals surface area contributed by atoms with Gasteiger partial charge < -0.3 is 21.7 Å². The summed E-state index contributed by atoms with van der Waals surface area (Å²) < 4.78 is 0. The van der Waals surface area contributed by atoms with Crippen LogP contribution in [0.25, 0.3) is 0 Å². The number of carbonyl (C=O) groups is 2. The summed E-state index contributed by atoms with van der Waals surface area (Å²) in [7, 11) is 0. The molecule has 5 N–H and O–H groups in total. The van der Waals surface area contributed by atoms with Gasteiger partial charge in [0, 0.05) is 48.2 Å². The highest BCUT2D eigenvalue weighted by Gasteiger charge is 2.25. The Labute approximate surface area is 188 Å². The molecule has 2 aliphatic heterocycles. The van der Waals surface area contributed by atoms with Crippen LogP contribution in [0, 0.1) is 6.92 Å². The lowest BCUT2D eigenvalue weighted by atomic mass is 9.89. The molecule has 166 valence electrons. The van der Waals surface area contributed by atoms with E-state index in [0.29, 0.717) is 42.3 Å². The second kappa shape index (κ2) is 9.36. The molecule has 2 heterocycles. The third kappa shape index (κ3) is 4.89. The number of nitrogens with zero attached hydrogens (tertiary/aromatic N) is 2. The highest BCUT2D eigenvalue weighted by molar-refractivity contribution is 6.07. The van der Waals surface area contributed by atoms with Gasteiger partial charge in [0.15, 0.2) is 0 Å². The lowest BCUT2D eigenvalue weighted by molar-refractivity contribution is -0.113. The zero-order chi connectivity index (χ0) is 22.7. The van der Waals surface area contributed by atoms with Crippen molar-refractivity contribution in [1.29, 1.82) is 0 Å². The van der Waals surface area contributed by atoms with Crippen molar-refractivity contribution in [2.75, 3.05) is 24.1 Å². The maximum absolute atomic E-state index is 13.1. The van der Waals surface area contributed by atoms with Gasteiger partial charge >= 0.3 is 0 Å². The monoisotopic (exact) mass is 431 g/mol. The van der Waals surface area contributed by atoms with Crippen LogP contribution in [0.1, 0.15) is 46.7 Å². The van der Waals surface area contributed by atoms with Crippen LogP contribution >= 0.6 is 0 Å². The fraction of sp³-hybridized carbons (Fsp3) is 0.320. The third-order valence-corrected chi connectivity index (χ3v) is 6.20. The summed E-state index contributed by atoms with van der Waals surface area (Å²) in [5.41, 5.74) is 16.3. The Balaban J connectivity index is 1.41. The molecule has 1 atom stereocenters. The Morgan fingerprint density at radius 2 is 1.81 bits per heavy atom. The lowest BCUT2D eigenvalue weighted by Crippen LogP contribution is -2.38. The number of amides is 2. The number of aliphatic imine (C=N–C) groups is 1. The second-order valence-electron chi connectivity index (χ2n) is 8.48. The van der Waals surface area contributed by atoms with Crippen molar-refractivity contribution in [2.24, 2.45) is 10.7 Å². The van der Waals surface area contributed by atoms with Crippen LogP contribution in [0.2, 0.25) is 0 Å². The molecule has 4 rings (SSSR count). The minimum absolute atomic E-state index is 0.0118. The largest absolute Gasteiger partial charge is 0.399 e. The fourth-order valence-electron chi connectivity index (χ4n) is 4.22. The zero-order valence-corrected chi connectivity index (χ0v) is 18.3. The Morgan fingerprint density at radius 1 is 1.09 bits per heavy atom. The third-order valence-electron chi connectivity index (χ3n) is 6.20. The molecule has 7 heteroatoms. The van der Waals surface area contributed by atoms with Crippen molar-refractivity contribution >= 4 is 29.4 Å². The van der Waals surface area contributed by atoms with Gasteiger partial charge in [-0.15, -0.1) is 0 Å².